The lowest BCUT2D eigenvalue weighted by atomic mass is 10.1. The minimum atomic E-state index is -3.50. The Bertz CT molecular complexity index is 604. The summed E-state index contributed by atoms with van der Waals surface area (Å²) in [4.78, 5) is 0. The molecule has 0 aromatic heterocycles. The van der Waals surface area contributed by atoms with Crippen molar-refractivity contribution in [2.45, 2.75) is 32.2 Å². The molecular formula is C14H19N3O2S. The van der Waals surface area contributed by atoms with Crippen LogP contribution in [0.15, 0.2) is 24.3 Å². The Hall–Kier alpha value is -1.58. The van der Waals surface area contributed by atoms with Gasteiger partial charge in [0.25, 0.3) is 0 Å². The predicted octanol–water partition coefficient (Wildman–Crippen LogP) is 2.11. The van der Waals surface area contributed by atoms with E-state index in [2.05, 4.69) is 0 Å². The Morgan fingerprint density at radius 2 is 1.95 bits per heavy atom. The summed E-state index contributed by atoms with van der Waals surface area (Å²) in [6.45, 7) is 2.52. The molecule has 20 heavy (non-hydrogen) atoms. The molecule has 1 aromatic rings. The van der Waals surface area contributed by atoms with E-state index in [9.17, 15) is 8.42 Å². The summed E-state index contributed by atoms with van der Waals surface area (Å²) < 4.78 is 28.1. The molecule has 1 heterocycles. The standard InChI is InChI=1S/C14H19N3O2S/c1-12-5-3-4-10-17(12)20(18,19)16(2)14-8-6-13(11-15)7-9-14/h6-9,12H,3-5,10H2,1-2H3. The molecule has 0 radical (unpaired) electrons. The number of nitriles is 1. The first kappa shape index (κ1) is 14.8. The molecule has 1 fully saturated rings. The van der Waals surface area contributed by atoms with Gasteiger partial charge in [-0.3, -0.25) is 4.31 Å². The highest BCUT2D eigenvalue weighted by Crippen LogP contribution is 2.25. The predicted molar refractivity (Wildman–Crippen MR) is 78.5 cm³/mol. The second-order valence-corrected chi connectivity index (χ2v) is 7.00. The molecule has 1 aliphatic heterocycles. The van der Waals surface area contributed by atoms with Gasteiger partial charge in [0.1, 0.15) is 0 Å². The van der Waals surface area contributed by atoms with Gasteiger partial charge in [-0.1, -0.05) is 6.42 Å². The summed E-state index contributed by atoms with van der Waals surface area (Å²) in [5.74, 6) is 0. The van der Waals surface area contributed by atoms with Crippen LogP contribution < -0.4 is 4.31 Å². The van der Waals surface area contributed by atoms with E-state index >= 15 is 0 Å². The van der Waals surface area contributed by atoms with Gasteiger partial charge in [-0.05, 0) is 44.0 Å². The fourth-order valence-electron chi connectivity index (χ4n) is 2.45. The molecule has 2 rings (SSSR count). The third-order valence-corrected chi connectivity index (χ3v) is 5.78. The molecule has 108 valence electrons. The fourth-order valence-corrected chi connectivity index (χ4v) is 4.07. The lowest BCUT2D eigenvalue weighted by Gasteiger charge is -2.35. The highest BCUT2D eigenvalue weighted by Gasteiger charge is 2.32. The monoisotopic (exact) mass is 293 g/mol. The number of piperidine rings is 1. The van der Waals surface area contributed by atoms with Gasteiger partial charge in [-0.15, -0.1) is 0 Å². The van der Waals surface area contributed by atoms with Crippen LogP contribution >= 0.6 is 0 Å². The van der Waals surface area contributed by atoms with E-state index < -0.39 is 10.2 Å². The normalized spacial score (nSPS) is 20.4. The lowest BCUT2D eigenvalue weighted by molar-refractivity contribution is 0.268. The Kier molecular flexibility index (Phi) is 4.31. The molecule has 1 saturated heterocycles. The van der Waals surface area contributed by atoms with E-state index in [0.29, 0.717) is 17.8 Å². The quantitative estimate of drug-likeness (QED) is 0.857. The first-order valence-corrected chi connectivity index (χ1v) is 8.12. The van der Waals surface area contributed by atoms with Crippen molar-refractivity contribution < 1.29 is 8.42 Å². The third-order valence-electron chi connectivity index (χ3n) is 3.74. The van der Waals surface area contributed by atoms with Crippen LogP contribution in [0.1, 0.15) is 31.7 Å². The van der Waals surface area contributed by atoms with Gasteiger partial charge in [0.2, 0.25) is 0 Å². The Labute approximate surface area is 120 Å². The van der Waals surface area contributed by atoms with Crippen molar-refractivity contribution >= 4 is 15.9 Å². The average Bonchev–Trinajstić information content (AvgIpc) is 2.47. The van der Waals surface area contributed by atoms with Gasteiger partial charge in [-0.2, -0.15) is 18.0 Å². The molecule has 5 nitrogen and oxygen atoms in total. The molecule has 6 heteroatoms. The minimum absolute atomic E-state index is 0.0366. The Morgan fingerprint density at radius 1 is 1.30 bits per heavy atom. The third kappa shape index (κ3) is 2.79. The number of benzene rings is 1. The van der Waals surface area contributed by atoms with Crippen LogP contribution in [0, 0.1) is 11.3 Å². The van der Waals surface area contributed by atoms with Crippen LogP contribution in [0.2, 0.25) is 0 Å². The van der Waals surface area contributed by atoms with Crippen LogP contribution in [-0.4, -0.2) is 32.4 Å². The summed E-state index contributed by atoms with van der Waals surface area (Å²) in [5, 5.41) is 8.78. The topological polar surface area (TPSA) is 64.4 Å². The van der Waals surface area contributed by atoms with Crippen LogP contribution in [0.5, 0.6) is 0 Å². The van der Waals surface area contributed by atoms with Crippen LogP contribution in [0.4, 0.5) is 5.69 Å². The van der Waals surface area contributed by atoms with E-state index in [0.717, 1.165) is 19.3 Å². The van der Waals surface area contributed by atoms with Gasteiger partial charge in [0.05, 0.1) is 17.3 Å². The number of hydrogen-bond acceptors (Lipinski definition) is 3. The maximum Gasteiger partial charge on any atom is 0.304 e. The van der Waals surface area contributed by atoms with Crippen molar-refractivity contribution in [3.05, 3.63) is 29.8 Å². The Morgan fingerprint density at radius 3 is 2.50 bits per heavy atom. The number of rotatable bonds is 3. The SMILES string of the molecule is CC1CCCCN1S(=O)(=O)N(C)c1ccc(C#N)cc1. The van der Waals surface area contributed by atoms with Crippen LogP contribution in [0.25, 0.3) is 0 Å². The average molecular weight is 293 g/mol. The first-order chi connectivity index (χ1) is 9.46. The summed E-state index contributed by atoms with van der Waals surface area (Å²) >= 11 is 0. The second-order valence-electron chi connectivity index (χ2n) is 5.09. The second kappa shape index (κ2) is 5.81. The van der Waals surface area contributed by atoms with E-state index in [4.69, 9.17) is 5.26 Å². The zero-order valence-electron chi connectivity index (χ0n) is 11.8. The molecule has 0 spiro atoms. The highest BCUT2D eigenvalue weighted by molar-refractivity contribution is 7.90. The largest absolute Gasteiger partial charge is 0.304 e. The summed E-state index contributed by atoms with van der Waals surface area (Å²) in [7, 11) is -1.95. The van der Waals surface area contributed by atoms with Crippen molar-refractivity contribution in [3.63, 3.8) is 0 Å². The van der Waals surface area contributed by atoms with Gasteiger partial charge in [-0.25, -0.2) is 0 Å². The maximum absolute atomic E-state index is 12.6. The summed E-state index contributed by atoms with van der Waals surface area (Å²) in [5.41, 5.74) is 1.09. The van der Waals surface area contributed by atoms with Crippen molar-refractivity contribution in [2.75, 3.05) is 17.9 Å². The minimum Gasteiger partial charge on any atom is -0.261 e. The van der Waals surface area contributed by atoms with E-state index in [1.165, 1.54) is 4.31 Å². The number of anilines is 1. The van der Waals surface area contributed by atoms with Crippen molar-refractivity contribution in [1.29, 1.82) is 5.26 Å². The molecule has 1 atom stereocenters. The summed E-state index contributed by atoms with van der Waals surface area (Å²) in [6, 6.07) is 8.63. The van der Waals surface area contributed by atoms with Crippen molar-refractivity contribution in [3.8, 4) is 6.07 Å². The molecular weight excluding hydrogens is 274 g/mol. The zero-order chi connectivity index (χ0) is 14.8. The molecule has 0 amide bonds. The fraction of sp³-hybridized carbons (Fsp3) is 0.500. The van der Waals surface area contributed by atoms with E-state index in [1.807, 2.05) is 13.0 Å². The van der Waals surface area contributed by atoms with Gasteiger partial charge < -0.3 is 0 Å². The van der Waals surface area contributed by atoms with Crippen LogP contribution in [0.3, 0.4) is 0 Å². The molecule has 1 aliphatic rings. The molecule has 0 bridgehead atoms. The summed E-state index contributed by atoms with van der Waals surface area (Å²) in [6.07, 6.45) is 2.89. The lowest BCUT2D eigenvalue weighted by Crippen LogP contribution is -2.48. The van der Waals surface area contributed by atoms with Gasteiger partial charge in [0, 0.05) is 19.6 Å². The molecule has 0 aliphatic carbocycles. The molecule has 0 N–H and O–H groups in total. The molecule has 0 saturated carbocycles. The molecule has 1 aromatic carbocycles. The van der Waals surface area contributed by atoms with Crippen molar-refractivity contribution in [2.24, 2.45) is 0 Å². The van der Waals surface area contributed by atoms with Gasteiger partial charge >= 0.3 is 10.2 Å². The maximum atomic E-state index is 12.6. The highest BCUT2D eigenvalue weighted by atomic mass is 32.2. The number of nitrogens with zero attached hydrogens (tertiary/aromatic N) is 3. The Balaban J connectivity index is 2.25. The zero-order valence-corrected chi connectivity index (χ0v) is 12.6. The van der Waals surface area contributed by atoms with Gasteiger partial charge in [0.15, 0.2) is 0 Å². The smallest absolute Gasteiger partial charge is 0.261 e. The molecule has 1 unspecified atom stereocenters. The number of hydrogen-bond donors (Lipinski definition) is 0. The van der Waals surface area contributed by atoms with Crippen molar-refractivity contribution in [1.82, 2.24) is 4.31 Å². The van der Waals surface area contributed by atoms with Crippen LogP contribution in [-0.2, 0) is 10.2 Å². The van der Waals surface area contributed by atoms with E-state index in [1.54, 1.807) is 35.6 Å². The van der Waals surface area contributed by atoms with E-state index in [-0.39, 0.29) is 6.04 Å². The first-order valence-electron chi connectivity index (χ1n) is 6.72.